The number of non-ortho nitro benzene ring substituents is 1. The molecule has 1 atom stereocenters. The molecule has 5 heteroatoms. The normalized spacial score (nSPS) is 11.7. The van der Waals surface area contributed by atoms with Gasteiger partial charge in [-0.05, 0) is 18.1 Å². The molecule has 0 spiro atoms. The van der Waals surface area contributed by atoms with Crippen LogP contribution >= 0.6 is 0 Å². The molecule has 108 valence electrons. The highest BCUT2D eigenvalue weighted by atomic mass is 16.6. The summed E-state index contributed by atoms with van der Waals surface area (Å²) in [6.07, 6.45) is 0.658. The predicted octanol–water partition coefficient (Wildman–Crippen LogP) is 3.73. The Labute approximate surface area is 122 Å². The van der Waals surface area contributed by atoms with Crippen molar-refractivity contribution in [3.63, 3.8) is 0 Å². The van der Waals surface area contributed by atoms with E-state index in [9.17, 15) is 14.9 Å². The number of nitro groups is 1. The van der Waals surface area contributed by atoms with Crippen LogP contribution in [0.25, 0.3) is 0 Å². The molecule has 0 aliphatic heterocycles. The Kier molecular flexibility index (Phi) is 4.66. The molecule has 0 fully saturated rings. The highest BCUT2D eigenvalue weighted by Gasteiger charge is 2.19. The summed E-state index contributed by atoms with van der Waals surface area (Å²) < 4.78 is 0. The van der Waals surface area contributed by atoms with Crippen molar-refractivity contribution in [3.05, 3.63) is 70.3 Å². The van der Waals surface area contributed by atoms with Gasteiger partial charge in [0.2, 0.25) is 5.91 Å². The van der Waals surface area contributed by atoms with Gasteiger partial charge < -0.3 is 5.32 Å². The number of rotatable bonds is 5. The topological polar surface area (TPSA) is 72.2 Å². The lowest BCUT2D eigenvalue weighted by Gasteiger charge is -2.15. The third-order valence-corrected chi connectivity index (χ3v) is 3.25. The molecule has 0 saturated heterocycles. The molecule has 2 aromatic rings. The maximum Gasteiger partial charge on any atom is 0.271 e. The van der Waals surface area contributed by atoms with Crippen molar-refractivity contribution in [1.29, 1.82) is 0 Å². The first-order valence-corrected chi connectivity index (χ1v) is 6.72. The van der Waals surface area contributed by atoms with E-state index >= 15 is 0 Å². The van der Waals surface area contributed by atoms with Crippen molar-refractivity contribution in [1.82, 2.24) is 0 Å². The molecule has 2 rings (SSSR count). The van der Waals surface area contributed by atoms with E-state index < -0.39 is 4.92 Å². The first kappa shape index (κ1) is 14.7. The van der Waals surface area contributed by atoms with Gasteiger partial charge in [0.25, 0.3) is 5.69 Å². The molecule has 2 aromatic carbocycles. The van der Waals surface area contributed by atoms with E-state index in [-0.39, 0.29) is 17.5 Å². The molecule has 0 aromatic heterocycles. The Morgan fingerprint density at radius 2 is 1.90 bits per heavy atom. The first-order chi connectivity index (χ1) is 10.1. The lowest BCUT2D eigenvalue weighted by molar-refractivity contribution is -0.384. The molecule has 1 N–H and O–H groups in total. The van der Waals surface area contributed by atoms with Crippen LogP contribution in [0.4, 0.5) is 11.4 Å². The molecular formula is C16H16N2O3. The van der Waals surface area contributed by atoms with Crippen LogP contribution in [0.15, 0.2) is 54.6 Å². The SMILES string of the molecule is CC[C@H](C(=O)Nc1cccc([N+](=O)[O-])c1)c1ccccc1. The second kappa shape index (κ2) is 6.65. The molecular weight excluding hydrogens is 268 g/mol. The van der Waals surface area contributed by atoms with Crippen LogP contribution in [0, 0.1) is 10.1 Å². The fourth-order valence-corrected chi connectivity index (χ4v) is 2.18. The quantitative estimate of drug-likeness (QED) is 0.671. The average Bonchev–Trinajstić information content (AvgIpc) is 2.49. The summed E-state index contributed by atoms with van der Waals surface area (Å²) in [7, 11) is 0. The molecule has 0 radical (unpaired) electrons. The van der Waals surface area contributed by atoms with Gasteiger partial charge in [-0.15, -0.1) is 0 Å². The zero-order valence-corrected chi connectivity index (χ0v) is 11.7. The number of hydrogen-bond donors (Lipinski definition) is 1. The van der Waals surface area contributed by atoms with Crippen molar-refractivity contribution >= 4 is 17.3 Å². The van der Waals surface area contributed by atoms with E-state index in [0.717, 1.165) is 5.56 Å². The Balaban J connectivity index is 2.16. The van der Waals surface area contributed by atoms with Gasteiger partial charge in [-0.25, -0.2) is 0 Å². The van der Waals surface area contributed by atoms with Crippen molar-refractivity contribution < 1.29 is 9.72 Å². The Bertz CT molecular complexity index is 641. The van der Waals surface area contributed by atoms with Gasteiger partial charge in [-0.1, -0.05) is 43.3 Å². The molecule has 0 heterocycles. The number of hydrogen-bond acceptors (Lipinski definition) is 3. The smallest absolute Gasteiger partial charge is 0.271 e. The van der Waals surface area contributed by atoms with Crippen molar-refractivity contribution in [2.45, 2.75) is 19.3 Å². The van der Waals surface area contributed by atoms with Gasteiger partial charge in [0.05, 0.1) is 10.8 Å². The second-order valence-electron chi connectivity index (χ2n) is 4.67. The summed E-state index contributed by atoms with van der Waals surface area (Å²) in [4.78, 5) is 22.6. The molecule has 1 amide bonds. The van der Waals surface area contributed by atoms with E-state index in [0.29, 0.717) is 12.1 Å². The summed E-state index contributed by atoms with van der Waals surface area (Å²) in [5, 5.41) is 13.5. The first-order valence-electron chi connectivity index (χ1n) is 6.72. The Morgan fingerprint density at radius 3 is 2.52 bits per heavy atom. The molecule has 0 aliphatic carbocycles. The van der Waals surface area contributed by atoms with E-state index in [4.69, 9.17) is 0 Å². The van der Waals surface area contributed by atoms with E-state index in [2.05, 4.69) is 5.32 Å². The maximum atomic E-state index is 12.3. The van der Waals surface area contributed by atoms with Gasteiger partial charge >= 0.3 is 0 Å². The number of carbonyl (C=O) groups excluding carboxylic acids is 1. The molecule has 0 unspecified atom stereocenters. The van der Waals surface area contributed by atoms with E-state index in [1.54, 1.807) is 12.1 Å². The molecule has 0 bridgehead atoms. The van der Waals surface area contributed by atoms with Crippen LogP contribution in [0.2, 0.25) is 0 Å². The fourth-order valence-electron chi connectivity index (χ4n) is 2.18. The Hall–Kier alpha value is -2.69. The van der Waals surface area contributed by atoms with Crippen LogP contribution in [0.5, 0.6) is 0 Å². The standard InChI is InChI=1S/C16H16N2O3/c1-2-15(12-7-4-3-5-8-12)16(19)17-13-9-6-10-14(11-13)18(20)21/h3-11,15H,2H2,1H3,(H,17,19)/t15-/m0/s1. The average molecular weight is 284 g/mol. The van der Waals surface area contributed by atoms with Crippen molar-refractivity contribution in [2.24, 2.45) is 0 Å². The largest absolute Gasteiger partial charge is 0.325 e. The van der Waals surface area contributed by atoms with Gasteiger partial charge in [0.1, 0.15) is 0 Å². The minimum absolute atomic E-state index is 0.0411. The van der Waals surface area contributed by atoms with Crippen molar-refractivity contribution in [2.75, 3.05) is 5.32 Å². The monoisotopic (exact) mass is 284 g/mol. The number of nitrogens with zero attached hydrogens (tertiary/aromatic N) is 1. The zero-order chi connectivity index (χ0) is 15.2. The lowest BCUT2D eigenvalue weighted by Crippen LogP contribution is -2.20. The number of nitro benzene ring substituents is 1. The van der Waals surface area contributed by atoms with E-state index in [1.165, 1.54) is 12.1 Å². The second-order valence-corrected chi connectivity index (χ2v) is 4.67. The summed E-state index contributed by atoms with van der Waals surface area (Å²) >= 11 is 0. The van der Waals surface area contributed by atoms with Gasteiger partial charge in [-0.2, -0.15) is 0 Å². The Morgan fingerprint density at radius 1 is 1.19 bits per heavy atom. The van der Waals surface area contributed by atoms with Gasteiger partial charge in [0.15, 0.2) is 0 Å². The van der Waals surface area contributed by atoms with Gasteiger partial charge in [-0.3, -0.25) is 14.9 Å². The molecule has 0 aliphatic rings. The van der Waals surface area contributed by atoms with Crippen LogP contribution in [0.1, 0.15) is 24.8 Å². The maximum absolute atomic E-state index is 12.3. The lowest BCUT2D eigenvalue weighted by atomic mass is 9.95. The van der Waals surface area contributed by atoms with Crippen LogP contribution in [-0.4, -0.2) is 10.8 Å². The van der Waals surface area contributed by atoms with Crippen LogP contribution < -0.4 is 5.32 Å². The number of benzene rings is 2. The predicted molar refractivity (Wildman–Crippen MR) is 81.2 cm³/mol. The van der Waals surface area contributed by atoms with Crippen molar-refractivity contribution in [3.8, 4) is 0 Å². The molecule has 5 nitrogen and oxygen atoms in total. The van der Waals surface area contributed by atoms with Gasteiger partial charge in [0, 0.05) is 17.8 Å². The number of amides is 1. The number of carbonyl (C=O) groups is 1. The zero-order valence-electron chi connectivity index (χ0n) is 11.7. The van der Waals surface area contributed by atoms with Crippen LogP contribution in [0.3, 0.4) is 0 Å². The fraction of sp³-hybridized carbons (Fsp3) is 0.188. The van der Waals surface area contributed by atoms with Crippen LogP contribution in [-0.2, 0) is 4.79 Å². The van der Waals surface area contributed by atoms with E-state index in [1.807, 2.05) is 37.3 Å². The summed E-state index contributed by atoms with van der Waals surface area (Å²) in [6.45, 7) is 1.94. The minimum Gasteiger partial charge on any atom is -0.325 e. The third-order valence-electron chi connectivity index (χ3n) is 3.25. The summed E-state index contributed by atoms with van der Waals surface area (Å²) in [5.41, 5.74) is 1.33. The highest BCUT2D eigenvalue weighted by Crippen LogP contribution is 2.23. The molecule has 21 heavy (non-hydrogen) atoms. The number of nitrogens with one attached hydrogen (secondary N) is 1. The summed E-state index contributed by atoms with van der Waals surface area (Å²) in [5.74, 6) is -0.435. The summed E-state index contributed by atoms with van der Waals surface area (Å²) in [6, 6.07) is 15.4. The number of anilines is 1. The third kappa shape index (κ3) is 3.66. The minimum atomic E-state index is -0.482. The highest BCUT2D eigenvalue weighted by molar-refractivity contribution is 5.96. The molecule has 0 saturated carbocycles.